The summed E-state index contributed by atoms with van der Waals surface area (Å²) < 4.78 is 10.3. The molecule has 19 heavy (non-hydrogen) atoms. The van der Waals surface area contributed by atoms with Crippen molar-refractivity contribution in [2.45, 2.75) is 38.9 Å². The minimum Gasteiger partial charge on any atom is -0.472 e. The summed E-state index contributed by atoms with van der Waals surface area (Å²) in [6, 6.07) is 1.75. The molecule has 1 fully saturated rings. The summed E-state index contributed by atoms with van der Waals surface area (Å²) in [6.07, 6.45) is 2.95. The predicted octanol–water partition coefficient (Wildman–Crippen LogP) is 2.57. The average Bonchev–Trinajstić information content (AvgIpc) is 2.98. The van der Waals surface area contributed by atoms with Gasteiger partial charge in [-0.15, -0.1) is 0 Å². The van der Waals surface area contributed by atoms with Gasteiger partial charge in [-0.2, -0.15) is 0 Å². The lowest BCUT2D eigenvalue weighted by molar-refractivity contribution is 0.0268. The molecule has 1 aromatic rings. The van der Waals surface area contributed by atoms with E-state index in [4.69, 9.17) is 9.15 Å². The monoisotopic (exact) mass is 267 g/mol. The molecular formula is C14H21NO4. The first-order valence-electron chi connectivity index (χ1n) is 6.55. The Morgan fingerprint density at radius 1 is 1.58 bits per heavy atom. The van der Waals surface area contributed by atoms with E-state index < -0.39 is 11.7 Å². The Morgan fingerprint density at radius 3 is 2.89 bits per heavy atom. The van der Waals surface area contributed by atoms with Gasteiger partial charge >= 0.3 is 6.09 Å². The number of aliphatic hydroxyl groups excluding tert-OH is 1. The van der Waals surface area contributed by atoms with Crippen molar-refractivity contribution in [3.63, 3.8) is 0 Å². The fourth-order valence-corrected chi connectivity index (χ4v) is 2.25. The van der Waals surface area contributed by atoms with Crippen LogP contribution in [0.5, 0.6) is 0 Å². The number of aliphatic hydroxyl groups is 1. The van der Waals surface area contributed by atoms with Crippen molar-refractivity contribution in [3.8, 4) is 0 Å². The third kappa shape index (κ3) is 3.50. The zero-order valence-corrected chi connectivity index (χ0v) is 11.6. The first-order valence-corrected chi connectivity index (χ1v) is 6.55. The Balaban J connectivity index is 1.91. The SMILES string of the molecule is CC(C)(C)OC(=O)N1CCC(C(O)c2ccoc2)C1. The molecule has 0 radical (unpaired) electrons. The predicted molar refractivity (Wildman–Crippen MR) is 69.6 cm³/mol. The second-order valence-corrected chi connectivity index (χ2v) is 5.98. The molecular weight excluding hydrogens is 246 g/mol. The van der Waals surface area contributed by atoms with E-state index in [9.17, 15) is 9.90 Å². The van der Waals surface area contributed by atoms with Crippen LogP contribution in [0.4, 0.5) is 4.79 Å². The lowest BCUT2D eigenvalue weighted by atomic mass is 9.97. The van der Waals surface area contributed by atoms with E-state index in [2.05, 4.69) is 0 Å². The molecule has 1 amide bonds. The van der Waals surface area contributed by atoms with Gasteiger partial charge in [-0.25, -0.2) is 4.79 Å². The van der Waals surface area contributed by atoms with Crippen LogP contribution < -0.4 is 0 Å². The maximum Gasteiger partial charge on any atom is 0.410 e. The number of carbonyl (C=O) groups is 1. The largest absolute Gasteiger partial charge is 0.472 e. The molecule has 106 valence electrons. The molecule has 0 spiro atoms. The summed E-state index contributed by atoms with van der Waals surface area (Å²) in [7, 11) is 0. The lowest BCUT2D eigenvalue weighted by Crippen LogP contribution is -2.35. The molecule has 5 nitrogen and oxygen atoms in total. The van der Waals surface area contributed by atoms with E-state index in [-0.39, 0.29) is 12.0 Å². The Labute approximate surface area is 113 Å². The lowest BCUT2D eigenvalue weighted by Gasteiger charge is -2.24. The molecule has 5 heteroatoms. The zero-order chi connectivity index (χ0) is 14.0. The molecule has 2 atom stereocenters. The van der Waals surface area contributed by atoms with Gasteiger partial charge < -0.3 is 19.2 Å². The second kappa shape index (κ2) is 5.25. The summed E-state index contributed by atoms with van der Waals surface area (Å²) in [5.74, 6) is 0.0325. The molecule has 0 bridgehead atoms. The molecule has 0 aliphatic carbocycles. The maximum absolute atomic E-state index is 11.9. The van der Waals surface area contributed by atoms with E-state index in [1.54, 1.807) is 23.5 Å². The van der Waals surface area contributed by atoms with E-state index >= 15 is 0 Å². The summed E-state index contributed by atoms with van der Waals surface area (Å²) in [6.45, 7) is 6.67. The smallest absolute Gasteiger partial charge is 0.410 e. The van der Waals surface area contributed by atoms with Crippen LogP contribution in [0.1, 0.15) is 38.9 Å². The van der Waals surface area contributed by atoms with Gasteiger partial charge in [-0.3, -0.25) is 0 Å². The van der Waals surface area contributed by atoms with E-state index in [0.717, 1.165) is 12.0 Å². The first kappa shape index (κ1) is 13.9. The highest BCUT2D eigenvalue weighted by Crippen LogP contribution is 2.30. The zero-order valence-electron chi connectivity index (χ0n) is 11.6. The minimum atomic E-state index is -0.591. The quantitative estimate of drug-likeness (QED) is 0.894. The molecule has 1 saturated heterocycles. The molecule has 1 N–H and O–H groups in total. The molecule has 2 heterocycles. The number of nitrogens with zero attached hydrogens (tertiary/aromatic N) is 1. The van der Waals surface area contributed by atoms with E-state index in [1.807, 2.05) is 20.8 Å². The van der Waals surface area contributed by atoms with Crippen LogP contribution >= 0.6 is 0 Å². The highest BCUT2D eigenvalue weighted by Gasteiger charge is 2.34. The molecule has 1 aromatic heterocycles. The highest BCUT2D eigenvalue weighted by atomic mass is 16.6. The minimum absolute atomic E-state index is 0.0325. The van der Waals surface area contributed by atoms with Gasteiger partial charge in [0, 0.05) is 24.6 Å². The van der Waals surface area contributed by atoms with Crippen LogP contribution in [0, 0.1) is 5.92 Å². The van der Waals surface area contributed by atoms with Crippen molar-refractivity contribution in [2.24, 2.45) is 5.92 Å². The maximum atomic E-state index is 11.9. The third-order valence-electron chi connectivity index (χ3n) is 3.21. The molecule has 0 aromatic carbocycles. The Morgan fingerprint density at radius 2 is 2.32 bits per heavy atom. The fraction of sp³-hybridized carbons (Fsp3) is 0.643. The van der Waals surface area contributed by atoms with Crippen LogP contribution in [0.3, 0.4) is 0 Å². The third-order valence-corrected chi connectivity index (χ3v) is 3.21. The van der Waals surface area contributed by atoms with Gasteiger partial charge in [0.05, 0.1) is 18.6 Å². The molecule has 1 aliphatic rings. The summed E-state index contributed by atoms with van der Waals surface area (Å²) in [4.78, 5) is 13.6. The fourth-order valence-electron chi connectivity index (χ4n) is 2.25. The molecule has 1 aliphatic heterocycles. The van der Waals surface area contributed by atoms with Crippen LogP contribution in [-0.4, -0.2) is 34.8 Å². The van der Waals surface area contributed by atoms with E-state index in [0.29, 0.717) is 13.1 Å². The second-order valence-electron chi connectivity index (χ2n) is 5.98. The number of furan rings is 1. The van der Waals surface area contributed by atoms with Crippen molar-refractivity contribution < 1.29 is 19.1 Å². The molecule has 2 rings (SSSR count). The topological polar surface area (TPSA) is 62.9 Å². The van der Waals surface area contributed by atoms with Crippen molar-refractivity contribution in [1.82, 2.24) is 4.90 Å². The molecule has 0 saturated carbocycles. The van der Waals surface area contributed by atoms with Crippen molar-refractivity contribution >= 4 is 6.09 Å². The van der Waals surface area contributed by atoms with E-state index in [1.165, 1.54) is 0 Å². The van der Waals surface area contributed by atoms with Crippen molar-refractivity contribution in [1.29, 1.82) is 0 Å². The van der Waals surface area contributed by atoms with Gasteiger partial charge in [0.2, 0.25) is 0 Å². The van der Waals surface area contributed by atoms with Gasteiger partial charge in [-0.1, -0.05) is 0 Å². The summed E-state index contributed by atoms with van der Waals surface area (Å²) in [5, 5.41) is 10.2. The van der Waals surface area contributed by atoms with Crippen LogP contribution in [-0.2, 0) is 4.74 Å². The van der Waals surface area contributed by atoms with Crippen molar-refractivity contribution in [2.75, 3.05) is 13.1 Å². The summed E-state index contributed by atoms with van der Waals surface area (Å²) in [5.41, 5.74) is 0.272. The van der Waals surface area contributed by atoms with Crippen LogP contribution in [0.2, 0.25) is 0 Å². The Hall–Kier alpha value is -1.49. The Kier molecular flexibility index (Phi) is 3.85. The number of amides is 1. The van der Waals surface area contributed by atoms with Gasteiger partial charge in [0.25, 0.3) is 0 Å². The van der Waals surface area contributed by atoms with Gasteiger partial charge in [-0.05, 0) is 33.3 Å². The number of rotatable bonds is 2. The number of carbonyl (C=O) groups excluding carboxylic acids is 1. The number of hydrogen-bond acceptors (Lipinski definition) is 4. The van der Waals surface area contributed by atoms with Gasteiger partial charge in [0.15, 0.2) is 0 Å². The number of hydrogen-bond donors (Lipinski definition) is 1. The van der Waals surface area contributed by atoms with Crippen LogP contribution in [0.15, 0.2) is 23.0 Å². The highest BCUT2D eigenvalue weighted by molar-refractivity contribution is 5.68. The van der Waals surface area contributed by atoms with Crippen LogP contribution in [0.25, 0.3) is 0 Å². The normalized spacial score (nSPS) is 21.5. The molecule has 2 unspecified atom stereocenters. The Bertz CT molecular complexity index is 421. The van der Waals surface area contributed by atoms with Gasteiger partial charge in [0.1, 0.15) is 5.60 Å². The number of ether oxygens (including phenoxy) is 1. The number of likely N-dealkylation sites (tertiary alicyclic amines) is 1. The average molecular weight is 267 g/mol. The first-order chi connectivity index (χ1) is 8.87. The van der Waals surface area contributed by atoms with Crippen molar-refractivity contribution in [3.05, 3.63) is 24.2 Å². The summed E-state index contributed by atoms with van der Waals surface area (Å²) >= 11 is 0. The standard InChI is InChI=1S/C14H21NO4/c1-14(2,3)19-13(17)15-6-4-10(8-15)12(16)11-5-7-18-9-11/h5,7,9-10,12,16H,4,6,8H2,1-3H3.